The Labute approximate surface area is 185 Å². The van der Waals surface area contributed by atoms with Crippen LogP contribution >= 0.6 is 0 Å². The Bertz CT molecular complexity index is 1230. The van der Waals surface area contributed by atoms with E-state index in [4.69, 9.17) is 4.74 Å². The maximum absolute atomic E-state index is 13.5. The number of benzene rings is 4. The highest BCUT2D eigenvalue weighted by Crippen LogP contribution is 2.47. The van der Waals surface area contributed by atoms with Gasteiger partial charge in [0.25, 0.3) is 0 Å². The highest BCUT2D eigenvalue weighted by atomic mass is 32.2. The molecule has 0 fully saturated rings. The molecular weight excluding hydrogens is 404 g/mol. The van der Waals surface area contributed by atoms with Crippen LogP contribution in [0, 0.1) is 0 Å². The molecular formula is C27H26O3S. The number of hydrogen-bond acceptors (Lipinski definition) is 3. The van der Waals surface area contributed by atoms with Crippen molar-refractivity contribution in [3.63, 3.8) is 0 Å². The molecule has 1 atom stereocenters. The lowest BCUT2D eigenvalue weighted by Crippen LogP contribution is -2.02. The van der Waals surface area contributed by atoms with E-state index in [1.165, 1.54) is 0 Å². The minimum absolute atomic E-state index is 0.208. The van der Waals surface area contributed by atoms with Crippen LogP contribution in [0.4, 0.5) is 0 Å². The summed E-state index contributed by atoms with van der Waals surface area (Å²) in [5.74, 6) is 0.983. The Morgan fingerprint density at radius 2 is 1.52 bits per heavy atom. The molecule has 0 aliphatic heterocycles. The highest BCUT2D eigenvalue weighted by Gasteiger charge is 2.24. The fraction of sp³-hybridized carbons (Fsp3) is 0.185. The van der Waals surface area contributed by atoms with Gasteiger partial charge in [-0.05, 0) is 31.0 Å². The van der Waals surface area contributed by atoms with E-state index in [1.807, 2.05) is 78.9 Å². The first kappa shape index (κ1) is 21.1. The lowest BCUT2D eigenvalue weighted by molar-refractivity contribution is 0.412. The van der Waals surface area contributed by atoms with Gasteiger partial charge in [-0.2, -0.15) is 0 Å². The Morgan fingerprint density at radius 1 is 0.871 bits per heavy atom. The van der Waals surface area contributed by atoms with Crippen LogP contribution in [-0.4, -0.2) is 16.4 Å². The number of fused-ring (bicyclic) bond motifs is 1. The summed E-state index contributed by atoms with van der Waals surface area (Å²) in [6.45, 7) is 2.14. The second-order valence-corrected chi connectivity index (χ2v) is 8.91. The molecule has 4 aromatic carbocycles. The van der Waals surface area contributed by atoms with Gasteiger partial charge in [0, 0.05) is 32.4 Å². The summed E-state index contributed by atoms with van der Waals surface area (Å²) in [5.41, 5.74) is 2.44. The molecule has 0 radical (unpaired) electrons. The number of unbranched alkanes of at least 4 members (excludes halogenated alkanes) is 1. The maximum Gasteiger partial charge on any atom is 0.131 e. The van der Waals surface area contributed by atoms with Gasteiger partial charge in [0.15, 0.2) is 0 Å². The van der Waals surface area contributed by atoms with E-state index in [0.29, 0.717) is 10.5 Å². The van der Waals surface area contributed by atoms with Gasteiger partial charge >= 0.3 is 0 Å². The van der Waals surface area contributed by atoms with E-state index in [1.54, 1.807) is 7.11 Å². The first-order chi connectivity index (χ1) is 15.2. The second-order valence-electron chi connectivity index (χ2n) is 7.46. The average molecular weight is 431 g/mol. The molecule has 0 saturated carbocycles. The van der Waals surface area contributed by atoms with Gasteiger partial charge < -0.3 is 9.84 Å². The molecule has 4 heteroatoms. The predicted molar refractivity (Wildman–Crippen MR) is 127 cm³/mol. The van der Waals surface area contributed by atoms with Crippen molar-refractivity contribution in [3.8, 4) is 22.6 Å². The number of rotatable bonds is 7. The van der Waals surface area contributed by atoms with E-state index < -0.39 is 10.8 Å². The number of methoxy groups -OCH3 is 1. The normalized spacial score (nSPS) is 12.1. The van der Waals surface area contributed by atoms with Crippen molar-refractivity contribution in [2.45, 2.75) is 36.0 Å². The van der Waals surface area contributed by atoms with Crippen LogP contribution in [0.3, 0.4) is 0 Å². The molecule has 0 aliphatic carbocycles. The number of ether oxygens (including phenoxy) is 1. The molecule has 0 aromatic heterocycles. The zero-order valence-electron chi connectivity index (χ0n) is 17.8. The Kier molecular flexibility index (Phi) is 6.38. The summed E-state index contributed by atoms with van der Waals surface area (Å²) in [4.78, 5) is 1.41. The molecule has 4 rings (SSSR count). The molecule has 0 aliphatic rings. The lowest BCUT2D eigenvalue weighted by Gasteiger charge is -2.21. The molecule has 0 bridgehead atoms. The van der Waals surface area contributed by atoms with E-state index in [2.05, 4.69) is 6.92 Å². The zero-order chi connectivity index (χ0) is 21.8. The van der Waals surface area contributed by atoms with E-state index in [-0.39, 0.29) is 5.75 Å². The van der Waals surface area contributed by atoms with Crippen molar-refractivity contribution in [1.82, 2.24) is 0 Å². The van der Waals surface area contributed by atoms with Gasteiger partial charge in [-0.25, -0.2) is 4.21 Å². The summed E-state index contributed by atoms with van der Waals surface area (Å²) < 4.78 is 19.4. The first-order valence-corrected chi connectivity index (χ1v) is 11.7. The van der Waals surface area contributed by atoms with Crippen molar-refractivity contribution in [1.29, 1.82) is 0 Å². The highest BCUT2D eigenvalue weighted by molar-refractivity contribution is 7.85. The minimum Gasteiger partial charge on any atom is -0.507 e. The summed E-state index contributed by atoms with van der Waals surface area (Å²) in [6.07, 6.45) is 2.75. The van der Waals surface area contributed by atoms with Gasteiger partial charge in [0.1, 0.15) is 11.5 Å². The third kappa shape index (κ3) is 3.96. The minimum atomic E-state index is -1.38. The van der Waals surface area contributed by atoms with Crippen molar-refractivity contribution in [2.24, 2.45) is 0 Å². The fourth-order valence-electron chi connectivity index (χ4n) is 4.06. The Hall–Kier alpha value is -3.11. The van der Waals surface area contributed by atoms with Gasteiger partial charge in [0.2, 0.25) is 0 Å². The second kappa shape index (κ2) is 9.36. The number of hydrogen-bond donors (Lipinski definition) is 1. The quantitative estimate of drug-likeness (QED) is 0.353. The molecule has 0 heterocycles. The topological polar surface area (TPSA) is 46.5 Å². The molecule has 0 spiro atoms. The van der Waals surface area contributed by atoms with Crippen molar-refractivity contribution < 1.29 is 14.1 Å². The Morgan fingerprint density at radius 3 is 2.23 bits per heavy atom. The third-order valence-electron chi connectivity index (χ3n) is 5.54. The maximum atomic E-state index is 13.5. The number of phenolic OH excluding ortho intramolecular Hbond substituents is 1. The zero-order valence-corrected chi connectivity index (χ0v) is 18.6. The van der Waals surface area contributed by atoms with Crippen molar-refractivity contribution in [2.75, 3.05) is 7.11 Å². The lowest BCUT2D eigenvalue weighted by atomic mass is 9.90. The number of aromatic hydroxyl groups is 1. The molecule has 1 unspecified atom stereocenters. The standard InChI is InChI=1S/C27H26O3S/c1-3-4-14-23-25(26(28)20-15-8-9-16-21(20)27(23)30-2)22-17-10-11-18-24(22)31(29)19-12-6-5-7-13-19/h5-13,15-18,28H,3-4,14H2,1-2H3. The summed E-state index contributed by atoms with van der Waals surface area (Å²) in [5, 5.41) is 13.0. The molecule has 0 saturated heterocycles. The summed E-state index contributed by atoms with van der Waals surface area (Å²) >= 11 is 0. The predicted octanol–water partition coefficient (Wildman–Crippen LogP) is 6.73. The largest absolute Gasteiger partial charge is 0.507 e. The van der Waals surface area contributed by atoms with Crippen LogP contribution < -0.4 is 4.74 Å². The SMILES string of the molecule is CCCCc1c(-c2ccccc2S(=O)c2ccccc2)c(O)c2ccccc2c1OC. The van der Waals surface area contributed by atoms with Crippen molar-refractivity contribution in [3.05, 3.63) is 84.4 Å². The number of phenols is 1. The van der Waals surface area contributed by atoms with Gasteiger partial charge in [-0.1, -0.05) is 74.0 Å². The van der Waals surface area contributed by atoms with Gasteiger partial charge in [-0.15, -0.1) is 0 Å². The average Bonchev–Trinajstić information content (AvgIpc) is 2.83. The van der Waals surface area contributed by atoms with Crippen LogP contribution in [0.15, 0.2) is 88.7 Å². The summed E-state index contributed by atoms with van der Waals surface area (Å²) in [7, 11) is 0.297. The Balaban J connectivity index is 2.03. The monoisotopic (exact) mass is 430 g/mol. The van der Waals surface area contributed by atoms with Crippen LogP contribution in [0.5, 0.6) is 11.5 Å². The molecule has 0 amide bonds. The van der Waals surface area contributed by atoms with E-state index >= 15 is 0 Å². The first-order valence-electron chi connectivity index (χ1n) is 10.5. The smallest absolute Gasteiger partial charge is 0.131 e. The van der Waals surface area contributed by atoms with Crippen molar-refractivity contribution >= 4 is 21.6 Å². The van der Waals surface area contributed by atoms with Gasteiger partial charge in [-0.3, -0.25) is 0 Å². The van der Waals surface area contributed by atoms with Crippen LogP contribution in [0.2, 0.25) is 0 Å². The molecule has 31 heavy (non-hydrogen) atoms. The van der Waals surface area contributed by atoms with Crippen LogP contribution in [0.25, 0.3) is 21.9 Å². The fourth-order valence-corrected chi connectivity index (χ4v) is 5.29. The molecule has 3 nitrogen and oxygen atoms in total. The third-order valence-corrected chi connectivity index (χ3v) is 6.99. The van der Waals surface area contributed by atoms with E-state index in [9.17, 15) is 9.32 Å². The molecule has 158 valence electrons. The molecule has 4 aromatic rings. The molecule has 1 N–H and O–H groups in total. The summed E-state index contributed by atoms with van der Waals surface area (Å²) in [6, 6.07) is 24.8. The van der Waals surface area contributed by atoms with E-state index in [0.717, 1.165) is 51.8 Å². The van der Waals surface area contributed by atoms with Crippen LogP contribution in [-0.2, 0) is 17.2 Å². The van der Waals surface area contributed by atoms with Crippen LogP contribution in [0.1, 0.15) is 25.3 Å². The van der Waals surface area contributed by atoms with Gasteiger partial charge in [0.05, 0.1) is 22.8 Å².